The molecule has 2 fully saturated rings. The molecule has 4 atom stereocenters. The number of aliphatic hydroxyl groups is 2. The van der Waals surface area contributed by atoms with Gasteiger partial charge in [-0.15, -0.1) is 0 Å². The summed E-state index contributed by atoms with van der Waals surface area (Å²) in [5.74, 6) is -1.07. The Hall–Kier alpha value is -4.04. The van der Waals surface area contributed by atoms with Crippen LogP contribution < -0.4 is 4.74 Å². The second-order valence-corrected chi connectivity index (χ2v) is 14.0. The van der Waals surface area contributed by atoms with Crippen LogP contribution in [0.25, 0.3) is 0 Å². The van der Waals surface area contributed by atoms with E-state index in [4.69, 9.17) is 4.74 Å². The van der Waals surface area contributed by atoms with Crippen molar-refractivity contribution in [3.63, 3.8) is 0 Å². The number of carbonyl (C=O) groups excluding carboxylic acids is 1. The van der Waals surface area contributed by atoms with Gasteiger partial charge in [-0.2, -0.15) is 0 Å². The maximum atomic E-state index is 14.8. The van der Waals surface area contributed by atoms with Crippen LogP contribution in [0.4, 0.5) is 4.39 Å². The highest BCUT2D eigenvalue weighted by Crippen LogP contribution is 2.60. The molecule has 0 aromatic heterocycles. The molecule has 1 aliphatic carbocycles. The summed E-state index contributed by atoms with van der Waals surface area (Å²) >= 11 is 0. The van der Waals surface area contributed by atoms with Crippen LogP contribution in [0.15, 0.2) is 109 Å². The summed E-state index contributed by atoms with van der Waals surface area (Å²) in [5, 5.41) is 24.9. The van der Waals surface area contributed by atoms with E-state index in [9.17, 15) is 19.4 Å². The first-order chi connectivity index (χ1) is 22.6. The van der Waals surface area contributed by atoms with E-state index in [-0.39, 0.29) is 30.4 Å². The normalized spacial score (nSPS) is 23.7. The van der Waals surface area contributed by atoms with E-state index < -0.39 is 28.9 Å². The first kappa shape index (κ1) is 32.9. The minimum Gasteiger partial charge on any atom is -0.496 e. The molecule has 2 aliphatic rings. The van der Waals surface area contributed by atoms with E-state index >= 15 is 0 Å². The summed E-state index contributed by atoms with van der Waals surface area (Å²) in [5.41, 5.74) is 0.950. The fraction of sp³-hybridized carbons (Fsp3) is 0.375. The Morgan fingerprint density at radius 3 is 2.06 bits per heavy atom. The van der Waals surface area contributed by atoms with Gasteiger partial charge in [-0.3, -0.25) is 4.79 Å². The minimum atomic E-state index is -1.85. The number of nitrogens with zero attached hydrogens (tertiary/aromatic N) is 2. The van der Waals surface area contributed by atoms with Crippen molar-refractivity contribution in [2.24, 2.45) is 11.8 Å². The van der Waals surface area contributed by atoms with Gasteiger partial charge < -0.3 is 24.3 Å². The van der Waals surface area contributed by atoms with Crippen molar-refractivity contribution in [1.82, 2.24) is 4.90 Å². The van der Waals surface area contributed by atoms with Gasteiger partial charge in [-0.25, -0.2) is 4.39 Å². The minimum absolute atomic E-state index is 0.0252. The van der Waals surface area contributed by atoms with Crippen LogP contribution in [0.1, 0.15) is 41.5 Å². The summed E-state index contributed by atoms with van der Waals surface area (Å²) in [6, 6.07) is 34.6. The van der Waals surface area contributed by atoms with E-state index in [2.05, 4.69) is 50.5 Å². The number of benzene rings is 4. The molecule has 47 heavy (non-hydrogen) atoms. The molecule has 2 N–H and O–H groups in total. The molecule has 0 bridgehead atoms. The lowest BCUT2D eigenvalue weighted by Crippen LogP contribution is -2.60. The zero-order valence-electron chi connectivity index (χ0n) is 27.6. The Balaban J connectivity index is 1.35. The number of amides is 1. The average Bonchev–Trinajstić information content (AvgIpc) is 3.54. The smallest absolute Gasteiger partial charge is 0.222 e. The van der Waals surface area contributed by atoms with Gasteiger partial charge in [-0.05, 0) is 41.7 Å². The van der Waals surface area contributed by atoms with Crippen LogP contribution in [-0.4, -0.2) is 72.4 Å². The molecule has 7 heteroatoms. The molecule has 0 unspecified atom stereocenters. The Morgan fingerprint density at radius 2 is 1.47 bits per heavy atom. The first-order valence-corrected chi connectivity index (χ1v) is 16.6. The number of hydrogen-bond acceptors (Lipinski definition) is 4. The number of hydrogen-bond donors (Lipinski definition) is 2. The molecular formula is C40H46FN2O4+. The third-order valence-electron chi connectivity index (χ3n) is 10.7. The molecule has 0 spiro atoms. The van der Waals surface area contributed by atoms with Gasteiger partial charge >= 0.3 is 0 Å². The van der Waals surface area contributed by atoms with Crippen LogP contribution in [0.3, 0.4) is 0 Å². The molecule has 1 saturated carbocycles. The van der Waals surface area contributed by atoms with Gasteiger partial charge in [0.15, 0.2) is 0 Å². The van der Waals surface area contributed by atoms with Crippen molar-refractivity contribution in [3.8, 4) is 5.75 Å². The van der Waals surface area contributed by atoms with Crippen LogP contribution in [0.2, 0.25) is 0 Å². The van der Waals surface area contributed by atoms with E-state index in [0.29, 0.717) is 18.7 Å². The van der Waals surface area contributed by atoms with Gasteiger partial charge in [0.05, 0.1) is 33.9 Å². The fourth-order valence-corrected chi connectivity index (χ4v) is 8.46. The van der Waals surface area contributed by atoms with Crippen molar-refractivity contribution in [2.45, 2.75) is 42.9 Å². The quantitative estimate of drug-likeness (QED) is 0.213. The average molecular weight is 638 g/mol. The van der Waals surface area contributed by atoms with Crippen molar-refractivity contribution < 1.29 is 28.6 Å². The zero-order valence-corrected chi connectivity index (χ0v) is 27.6. The largest absolute Gasteiger partial charge is 0.496 e. The molecule has 6 nitrogen and oxygen atoms in total. The maximum absolute atomic E-state index is 14.8. The standard InChI is InChI=1S/C40H46FN2O4/c1-43(2,28-29-14-7-4-8-15-29)23-13-20-38(45)42-26-34-35(27-42)40(46,33-24-32(41)21-22-36(33)47-3)37(44)25-39(34,30-16-9-5-10-17-30)31-18-11-6-12-19-31/h4-12,14-19,21-22,24,34-35,37,44,46H,13,20,23,25-28H2,1-3H3/q+1/t34-,35+,37-,40+/m1/s1. The molecule has 6 rings (SSSR count). The number of rotatable bonds is 10. The van der Waals surface area contributed by atoms with Crippen LogP contribution in [0, 0.1) is 17.7 Å². The van der Waals surface area contributed by atoms with Crippen molar-refractivity contribution in [3.05, 3.63) is 137 Å². The first-order valence-electron chi connectivity index (χ1n) is 16.6. The van der Waals surface area contributed by atoms with Crippen molar-refractivity contribution in [2.75, 3.05) is 40.8 Å². The molecule has 246 valence electrons. The van der Waals surface area contributed by atoms with Gasteiger partial charge in [0.2, 0.25) is 5.91 Å². The molecule has 4 aromatic rings. The number of likely N-dealkylation sites (tertiary alicyclic amines) is 1. The third kappa shape index (κ3) is 6.20. The number of fused-ring (bicyclic) bond motifs is 1. The number of quaternary nitrogens is 1. The molecular weight excluding hydrogens is 591 g/mol. The van der Waals surface area contributed by atoms with E-state index in [0.717, 1.165) is 35.1 Å². The zero-order chi connectivity index (χ0) is 33.2. The number of carbonyl (C=O) groups is 1. The number of ether oxygens (including phenoxy) is 1. The molecule has 0 radical (unpaired) electrons. The Morgan fingerprint density at radius 1 is 0.894 bits per heavy atom. The van der Waals surface area contributed by atoms with Crippen LogP contribution in [-0.2, 0) is 22.4 Å². The second kappa shape index (κ2) is 13.2. The monoisotopic (exact) mass is 637 g/mol. The number of halogens is 1. The van der Waals surface area contributed by atoms with Crippen molar-refractivity contribution in [1.29, 1.82) is 0 Å². The van der Waals surface area contributed by atoms with Gasteiger partial charge in [0.25, 0.3) is 0 Å². The van der Waals surface area contributed by atoms with Crippen LogP contribution in [0.5, 0.6) is 5.75 Å². The van der Waals surface area contributed by atoms with E-state index in [1.54, 1.807) is 0 Å². The fourth-order valence-electron chi connectivity index (χ4n) is 8.46. The third-order valence-corrected chi connectivity index (χ3v) is 10.7. The lowest BCUT2D eigenvalue weighted by molar-refractivity contribution is -0.903. The number of methoxy groups -OCH3 is 1. The Bertz CT molecular complexity index is 1630. The van der Waals surface area contributed by atoms with E-state index in [1.165, 1.54) is 30.9 Å². The summed E-state index contributed by atoms with van der Waals surface area (Å²) in [7, 11) is 5.85. The molecule has 4 aromatic carbocycles. The predicted octanol–water partition coefficient (Wildman–Crippen LogP) is 5.90. The molecule has 1 heterocycles. The second-order valence-electron chi connectivity index (χ2n) is 14.0. The molecule has 1 saturated heterocycles. The predicted molar refractivity (Wildman–Crippen MR) is 181 cm³/mol. The SMILES string of the molecule is COc1ccc(F)cc1[C@@]1(O)[C@H](O)CC(c2ccccc2)(c2ccccc2)[C@@H]2CN(C(=O)CCC[N+](C)(C)Cc3ccccc3)C[C@@H]21. The van der Waals surface area contributed by atoms with Crippen molar-refractivity contribution >= 4 is 5.91 Å². The van der Waals surface area contributed by atoms with Crippen LogP contribution >= 0.6 is 0 Å². The summed E-state index contributed by atoms with van der Waals surface area (Å²) < 4.78 is 21.2. The number of aliphatic hydroxyl groups excluding tert-OH is 1. The van der Waals surface area contributed by atoms with Gasteiger partial charge in [0.1, 0.15) is 23.7 Å². The van der Waals surface area contributed by atoms with Gasteiger partial charge in [-0.1, -0.05) is 91.0 Å². The van der Waals surface area contributed by atoms with Gasteiger partial charge in [0, 0.05) is 48.4 Å². The summed E-state index contributed by atoms with van der Waals surface area (Å²) in [4.78, 5) is 15.9. The van der Waals surface area contributed by atoms with E-state index in [1.807, 2.05) is 59.5 Å². The summed E-state index contributed by atoms with van der Waals surface area (Å²) in [6.07, 6.45) is 0.0125. The highest BCUT2D eigenvalue weighted by atomic mass is 19.1. The lowest BCUT2D eigenvalue weighted by atomic mass is 9.51. The maximum Gasteiger partial charge on any atom is 0.222 e. The highest BCUT2D eigenvalue weighted by Gasteiger charge is 2.65. The summed E-state index contributed by atoms with van der Waals surface area (Å²) in [6.45, 7) is 2.35. The molecule has 1 aliphatic heterocycles. The highest BCUT2D eigenvalue weighted by molar-refractivity contribution is 5.76. The molecule has 1 amide bonds. The Labute approximate surface area is 277 Å². The lowest BCUT2D eigenvalue weighted by Gasteiger charge is -2.55. The Kier molecular flexibility index (Phi) is 9.25. The topological polar surface area (TPSA) is 70.0 Å².